The maximum atomic E-state index is 13.3. The van der Waals surface area contributed by atoms with E-state index in [1.807, 2.05) is 12.1 Å². The zero-order valence-corrected chi connectivity index (χ0v) is 19.1. The number of fused-ring (bicyclic) bond motifs is 1. The minimum absolute atomic E-state index is 0.196. The average Bonchev–Trinajstić information content (AvgIpc) is 2.83. The van der Waals surface area contributed by atoms with Gasteiger partial charge in [-0.25, -0.2) is 9.18 Å². The lowest BCUT2D eigenvalue weighted by atomic mass is 10.2. The molecule has 0 bridgehead atoms. The smallest absolute Gasteiger partial charge is 0.326 e. The molecule has 0 aliphatic carbocycles. The van der Waals surface area contributed by atoms with Gasteiger partial charge in [0.25, 0.3) is 5.56 Å². The van der Waals surface area contributed by atoms with Gasteiger partial charge in [0.05, 0.1) is 17.4 Å². The molecule has 6 nitrogen and oxygen atoms in total. The number of carbonyl (C=O) groups excluding carboxylic acids is 1. The summed E-state index contributed by atoms with van der Waals surface area (Å²) in [4.78, 5) is 38.4. The Balaban J connectivity index is 1.50. The summed E-state index contributed by atoms with van der Waals surface area (Å²) in [6.45, 7) is 0.474. The number of halogens is 2. The van der Waals surface area contributed by atoms with Crippen LogP contribution in [0, 0.1) is 5.82 Å². The number of unbranched alkanes of at least 4 members (excludes halogenated alkanes) is 1. The van der Waals surface area contributed by atoms with Crippen molar-refractivity contribution in [3.05, 3.63) is 110 Å². The predicted molar refractivity (Wildman–Crippen MR) is 132 cm³/mol. The monoisotopic (exact) mass is 479 g/mol. The molecule has 0 spiro atoms. The molecular weight excluding hydrogens is 457 g/mol. The minimum atomic E-state index is -0.403. The molecule has 4 rings (SSSR count). The molecule has 1 heterocycles. The second-order valence-corrected chi connectivity index (χ2v) is 8.42. The normalized spacial score (nSPS) is 11.0. The summed E-state index contributed by atoms with van der Waals surface area (Å²) in [6, 6.07) is 19.8. The van der Waals surface area contributed by atoms with E-state index >= 15 is 0 Å². The van der Waals surface area contributed by atoms with Crippen LogP contribution in [0.2, 0.25) is 5.02 Å². The number of nitrogens with zero attached hydrogens (tertiary/aromatic N) is 2. The summed E-state index contributed by atoms with van der Waals surface area (Å²) in [6.07, 6.45) is 1.18. The van der Waals surface area contributed by atoms with Gasteiger partial charge in [0.1, 0.15) is 5.82 Å². The van der Waals surface area contributed by atoms with Crippen molar-refractivity contribution in [1.29, 1.82) is 0 Å². The zero-order chi connectivity index (χ0) is 24.1. The average molecular weight is 480 g/mol. The summed E-state index contributed by atoms with van der Waals surface area (Å²) >= 11 is 6.10. The first-order valence-corrected chi connectivity index (χ1v) is 11.3. The number of rotatable bonds is 8. The van der Waals surface area contributed by atoms with Crippen molar-refractivity contribution in [3.63, 3.8) is 0 Å². The summed E-state index contributed by atoms with van der Waals surface area (Å²) < 4.78 is 15.8. The fourth-order valence-electron chi connectivity index (χ4n) is 3.85. The molecule has 0 aliphatic rings. The Morgan fingerprint density at radius 1 is 0.912 bits per heavy atom. The van der Waals surface area contributed by atoms with E-state index in [-0.39, 0.29) is 36.8 Å². The number of para-hydroxylation sites is 1. The van der Waals surface area contributed by atoms with Gasteiger partial charge in [-0.05, 0) is 66.9 Å². The fraction of sp³-hybridized carbons (Fsp3) is 0.192. The third kappa shape index (κ3) is 5.43. The van der Waals surface area contributed by atoms with Crippen molar-refractivity contribution in [1.82, 2.24) is 9.13 Å². The van der Waals surface area contributed by atoms with Gasteiger partial charge in [-0.2, -0.15) is 0 Å². The highest BCUT2D eigenvalue weighted by molar-refractivity contribution is 6.30. The van der Waals surface area contributed by atoms with Gasteiger partial charge in [0.2, 0.25) is 5.91 Å². The largest absolute Gasteiger partial charge is 0.331 e. The molecule has 174 valence electrons. The van der Waals surface area contributed by atoms with Crippen LogP contribution in [0.5, 0.6) is 0 Å². The van der Waals surface area contributed by atoms with E-state index in [1.165, 1.54) is 28.8 Å². The van der Waals surface area contributed by atoms with Crippen LogP contribution in [0.3, 0.4) is 0 Å². The van der Waals surface area contributed by atoms with Crippen molar-refractivity contribution < 1.29 is 9.18 Å². The molecular formula is C26H23ClFN3O3. The number of anilines is 1. The number of aromatic nitrogens is 2. The van der Waals surface area contributed by atoms with E-state index in [9.17, 15) is 18.8 Å². The molecule has 0 saturated carbocycles. The number of hydrogen-bond donors (Lipinski definition) is 1. The van der Waals surface area contributed by atoms with Crippen LogP contribution in [0.25, 0.3) is 10.9 Å². The van der Waals surface area contributed by atoms with Crippen molar-refractivity contribution in [2.24, 2.45) is 0 Å². The van der Waals surface area contributed by atoms with Crippen molar-refractivity contribution in [2.75, 3.05) is 5.32 Å². The maximum absolute atomic E-state index is 13.3. The highest BCUT2D eigenvalue weighted by Gasteiger charge is 2.13. The second kappa shape index (κ2) is 10.5. The summed E-state index contributed by atoms with van der Waals surface area (Å²) in [5.41, 5.74) is 1.18. The van der Waals surface area contributed by atoms with Crippen LogP contribution in [0.15, 0.2) is 82.4 Å². The lowest BCUT2D eigenvalue weighted by molar-refractivity contribution is -0.116. The standard InChI is InChI=1S/C26H23ClFN3O3/c27-19-7-5-6-18(16-19)17-31-23-9-2-1-8-22(23)25(33)30(26(31)34)15-4-3-10-24(32)29-21-13-11-20(28)12-14-21/h1-2,5-9,11-14,16H,3-4,10,15,17H2,(H,29,32). The quantitative estimate of drug-likeness (QED) is 0.368. The molecule has 0 aliphatic heterocycles. The maximum Gasteiger partial charge on any atom is 0.331 e. The van der Waals surface area contributed by atoms with Crippen LogP contribution in [-0.2, 0) is 17.9 Å². The molecule has 1 N–H and O–H groups in total. The van der Waals surface area contributed by atoms with Crippen molar-refractivity contribution in [3.8, 4) is 0 Å². The Hall–Kier alpha value is -3.71. The van der Waals surface area contributed by atoms with E-state index in [0.717, 1.165) is 5.56 Å². The molecule has 0 fully saturated rings. The summed E-state index contributed by atoms with van der Waals surface area (Å²) in [5, 5.41) is 3.73. The van der Waals surface area contributed by atoms with Gasteiger partial charge < -0.3 is 5.32 Å². The van der Waals surface area contributed by atoms with Gasteiger partial charge in [-0.1, -0.05) is 35.9 Å². The Morgan fingerprint density at radius 2 is 1.68 bits per heavy atom. The van der Waals surface area contributed by atoms with Crippen LogP contribution >= 0.6 is 11.6 Å². The molecule has 3 aromatic carbocycles. The van der Waals surface area contributed by atoms with Gasteiger partial charge in [0, 0.05) is 23.7 Å². The highest BCUT2D eigenvalue weighted by atomic mass is 35.5. The van der Waals surface area contributed by atoms with E-state index < -0.39 is 5.69 Å². The summed E-state index contributed by atoms with van der Waals surface area (Å²) in [7, 11) is 0. The van der Waals surface area contributed by atoms with Gasteiger partial charge in [0.15, 0.2) is 0 Å². The SMILES string of the molecule is O=C(CCCCn1c(=O)c2ccccc2n(Cc2cccc(Cl)c2)c1=O)Nc1ccc(F)cc1. The molecule has 0 unspecified atom stereocenters. The molecule has 0 saturated heterocycles. The number of carbonyl (C=O) groups is 1. The Bertz CT molecular complexity index is 1440. The molecule has 34 heavy (non-hydrogen) atoms. The molecule has 1 aromatic heterocycles. The van der Waals surface area contributed by atoms with E-state index in [1.54, 1.807) is 41.0 Å². The minimum Gasteiger partial charge on any atom is -0.326 e. The Morgan fingerprint density at radius 3 is 2.44 bits per heavy atom. The number of amides is 1. The Kier molecular flexibility index (Phi) is 7.23. The first-order chi connectivity index (χ1) is 16.4. The lowest BCUT2D eigenvalue weighted by Gasteiger charge is -2.14. The van der Waals surface area contributed by atoms with Crippen molar-refractivity contribution in [2.45, 2.75) is 32.4 Å². The molecule has 0 radical (unpaired) electrons. The van der Waals surface area contributed by atoms with Crippen LogP contribution in [0.4, 0.5) is 10.1 Å². The molecule has 8 heteroatoms. The van der Waals surface area contributed by atoms with Gasteiger partial charge in [-0.15, -0.1) is 0 Å². The highest BCUT2D eigenvalue weighted by Crippen LogP contribution is 2.15. The number of hydrogen-bond acceptors (Lipinski definition) is 3. The zero-order valence-electron chi connectivity index (χ0n) is 18.3. The lowest BCUT2D eigenvalue weighted by Crippen LogP contribution is -2.40. The predicted octanol–water partition coefficient (Wildman–Crippen LogP) is 4.81. The molecule has 4 aromatic rings. The summed E-state index contributed by atoms with van der Waals surface area (Å²) in [5.74, 6) is -0.587. The topological polar surface area (TPSA) is 73.1 Å². The first-order valence-electron chi connectivity index (χ1n) is 10.9. The van der Waals surface area contributed by atoms with Gasteiger partial charge in [-0.3, -0.25) is 18.7 Å². The fourth-order valence-corrected chi connectivity index (χ4v) is 4.06. The first kappa shape index (κ1) is 23.4. The van der Waals surface area contributed by atoms with E-state index in [4.69, 9.17) is 11.6 Å². The van der Waals surface area contributed by atoms with Crippen LogP contribution in [0.1, 0.15) is 24.8 Å². The number of nitrogens with one attached hydrogen (secondary N) is 1. The van der Waals surface area contributed by atoms with Gasteiger partial charge >= 0.3 is 5.69 Å². The van der Waals surface area contributed by atoms with Crippen molar-refractivity contribution >= 4 is 34.1 Å². The van der Waals surface area contributed by atoms with E-state index in [0.29, 0.717) is 34.5 Å². The number of benzene rings is 3. The molecule has 1 amide bonds. The third-order valence-corrected chi connectivity index (χ3v) is 5.76. The second-order valence-electron chi connectivity index (χ2n) is 7.98. The molecule has 0 atom stereocenters. The van der Waals surface area contributed by atoms with Crippen LogP contribution in [-0.4, -0.2) is 15.0 Å². The Labute approximate surface area is 200 Å². The van der Waals surface area contributed by atoms with Crippen LogP contribution < -0.4 is 16.6 Å². The van der Waals surface area contributed by atoms with E-state index in [2.05, 4.69) is 5.32 Å². The third-order valence-electron chi connectivity index (χ3n) is 5.53.